The van der Waals surface area contributed by atoms with Gasteiger partial charge in [-0.2, -0.15) is 0 Å². The molecular weight excluding hydrogens is 324 g/mol. The fourth-order valence-electron chi connectivity index (χ4n) is 2.50. The van der Waals surface area contributed by atoms with Crippen molar-refractivity contribution in [1.29, 1.82) is 0 Å². The lowest BCUT2D eigenvalue weighted by Gasteiger charge is -2.16. The van der Waals surface area contributed by atoms with E-state index < -0.39 is 30.4 Å². The molecule has 1 saturated heterocycles. The lowest BCUT2D eigenvalue weighted by molar-refractivity contribution is -0.139. The van der Waals surface area contributed by atoms with Crippen LogP contribution in [0.25, 0.3) is 0 Å². The van der Waals surface area contributed by atoms with E-state index in [9.17, 15) is 14.7 Å². The first kappa shape index (κ1) is 17.1. The standard InChI is InChI=1S/C19H18O6/c20-16-11-15(12-23-17(21)13-7-3-1-4-8-13)24-19(16)25-18(22)14-9-5-2-6-10-14/h1-10,15-16,19-20H,11-12H2/t15?,16-,19-/m1/s1. The van der Waals surface area contributed by atoms with Crippen LogP contribution in [0.4, 0.5) is 0 Å². The van der Waals surface area contributed by atoms with Gasteiger partial charge in [0.2, 0.25) is 6.29 Å². The van der Waals surface area contributed by atoms with Crippen LogP contribution in [0, 0.1) is 0 Å². The molecule has 0 spiro atoms. The summed E-state index contributed by atoms with van der Waals surface area (Å²) in [4.78, 5) is 23.9. The van der Waals surface area contributed by atoms with Gasteiger partial charge in [0.25, 0.3) is 0 Å². The lowest BCUT2D eigenvalue weighted by Crippen LogP contribution is -2.27. The normalized spacial score (nSPS) is 22.4. The van der Waals surface area contributed by atoms with Gasteiger partial charge < -0.3 is 19.3 Å². The second-order valence-electron chi connectivity index (χ2n) is 5.67. The Morgan fingerprint density at radius 2 is 1.52 bits per heavy atom. The van der Waals surface area contributed by atoms with Crippen molar-refractivity contribution in [1.82, 2.24) is 0 Å². The highest BCUT2D eigenvalue weighted by molar-refractivity contribution is 5.89. The average molecular weight is 342 g/mol. The van der Waals surface area contributed by atoms with Gasteiger partial charge >= 0.3 is 11.9 Å². The van der Waals surface area contributed by atoms with Crippen molar-refractivity contribution in [2.45, 2.75) is 24.9 Å². The molecule has 1 unspecified atom stereocenters. The topological polar surface area (TPSA) is 82.1 Å². The van der Waals surface area contributed by atoms with Crippen LogP contribution in [0.3, 0.4) is 0 Å². The molecule has 0 radical (unpaired) electrons. The molecule has 130 valence electrons. The van der Waals surface area contributed by atoms with Gasteiger partial charge in [-0.1, -0.05) is 36.4 Å². The largest absolute Gasteiger partial charge is 0.459 e. The Kier molecular flexibility index (Phi) is 5.42. The highest BCUT2D eigenvalue weighted by atomic mass is 16.7. The van der Waals surface area contributed by atoms with Crippen LogP contribution in [0.1, 0.15) is 27.1 Å². The Labute approximate surface area is 144 Å². The zero-order valence-corrected chi connectivity index (χ0v) is 13.4. The minimum absolute atomic E-state index is 0.0236. The summed E-state index contributed by atoms with van der Waals surface area (Å²) in [6.07, 6.45) is -2.35. The second-order valence-corrected chi connectivity index (χ2v) is 5.67. The SMILES string of the molecule is O=C(OCC1C[C@@H](O)[C@@H](OC(=O)c2ccccc2)O1)c1ccccc1. The molecule has 0 aromatic heterocycles. The molecule has 0 amide bonds. The third kappa shape index (κ3) is 4.43. The highest BCUT2D eigenvalue weighted by Crippen LogP contribution is 2.23. The molecule has 1 N–H and O–H groups in total. The maximum atomic E-state index is 12.0. The van der Waals surface area contributed by atoms with Crippen LogP contribution in [0.5, 0.6) is 0 Å². The maximum absolute atomic E-state index is 12.0. The molecule has 0 saturated carbocycles. The smallest absolute Gasteiger partial charge is 0.340 e. The maximum Gasteiger partial charge on any atom is 0.340 e. The molecule has 6 nitrogen and oxygen atoms in total. The Bertz CT molecular complexity index is 715. The van der Waals surface area contributed by atoms with E-state index in [0.29, 0.717) is 11.1 Å². The summed E-state index contributed by atoms with van der Waals surface area (Å²) in [5.74, 6) is -1.05. The Hall–Kier alpha value is -2.70. The second kappa shape index (κ2) is 7.92. The van der Waals surface area contributed by atoms with E-state index >= 15 is 0 Å². The number of benzene rings is 2. The molecule has 2 aromatic carbocycles. The molecule has 3 atom stereocenters. The van der Waals surface area contributed by atoms with Gasteiger partial charge in [-0.25, -0.2) is 9.59 Å². The molecule has 0 bridgehead atoms. The quantitative estimate of drug-likeness (QED) is 0.839. The molecule has 25 heavy (non-hydrogen) atoms. The summed E-state index contributed by atoms with van der Waals surface area (Å²) in [5, 5.41) is 9.99. The van der Waals surface area contributed by atoms with Crippen LogP contribution in [-0.2, 0) is 14.2 Å². The average Bonchev–Trinajstić information content (AvgIpc) is 3.00. The first-order valence-corrected chi connectivity index (χ1v) is 7.95. The van der Waals surface area contributed by atoms with E-state index in [0.717, 1.165) is 0 Å². The number of aliphatic hydroxyl groups is 1. The summed E-state index contributed by atoms with van der Waals surface area (Å²) in [6, 6.07) is 17.0. The predicted molar refractivity (Wildman–Crippen MR) is 87.9 cm³/mol. The van der Waals surface area contributed by atoms with Crippen molar-refractivity contribution >= 4 is 11.9 Å². The van der Waals surface area contributed by atoms with Gasteiger partial charge in [0.1, 0.15) is 12.7 Å². The van der Waals surface area contributed by atoms with Crippen LogP contribution < -0.4 is 0 Å². The van der Waals surface area contributed by atoms with Crippen LogP contribution in [-0.4, -0.2) is 42.1 Å². The zero-order valence-electron chi connectivity index (χ0n) is 13.4. The molecular formula is C19H18O6. The summed E-state index contributed by atoms with van der Waals surface area (Å²) in [7, 11) is 0. The van der Waals surface area contributed by atoms with Gasteiger partial charge in [0, 0.05) is 6.42 Å². The van der Waals surface area contributed by atoms with E-state index in [1.165, 1.54) is 0 Å². The summed E-state index contributed by atoms with van der Waals surface area (Å²) < 4.78 is 15.8. The number of hydrogen-bond donors (Lipinski definition) is 1. The van der Waals surface area contributed by atoms with Crippen LogP contribution in [0.2, 0.25) is 0 Å². The Morgan fingerprint density at radius 1 is 0.960 bits per heavy atom. The summed E-state index contributed by atoms with van der Waals surface area (Å²) in [6.45, 7) is -0.0236. The van der Waals surface area contributed by atoms with Gasteiger partial charge in [0.15, 0.2) is 0 Å². The van der Waals surface area contributed by atoms with Crippen molar-refractivity contribution in [2.75, 3.05) is 6.61 Å². The lowest BCUT2D eigenvalue weighted by atomic mass is 10.2. The van der Waals surface area contributed by atoms with Gasteiger partial charge in [-0.05, 0) is 24.3 Å². The van der Waals surface area contributed by atoms with Crippen LogP contribution >= 0.6 is 0 Å². The van der Waals surface area contributed by atoms with Crippen molar-refractivity contribution in [2.24, 2.45) is 0 Å². The van der Waals surface area contributed by atoms with E-state index in [1.54, 1.807) is 60.7 Å². The first-order valence-electron chi connectivity index (χ1n) is 7.95. The van der Waals surface area contributed by atoms with Crippen molar-refractivity contribution in [3.63, 3.8) is 0 Å². The molecule has 3 rings (SSSR count). The van der Waals surface area contributed by atoms with Crippen molar-refractivity contribution in [3.8, 4) is 0 Å². The van der Waals surface area contributed by atoms with E-state index in [2.05, 4.69) is 0 Å². The molecule has 2 aromatic rings. The number of esters is 2. The Balaban J connectivity index is 1.50. The zero-order chi connectivity index (χ0) is 17.6. The predicted octanol–water partition coefficient (Wildman–Crippen LogP) is 2.18. The first-order chi connectivity index (χ1) is 12.1. The fraction of sp³-hybridized carbons (Fsp3) is 0.263. The summed E-state index contributed by atoms with van der Waals surface area (Å²) in [5.41, 5.74) is 0.811. The van der Waals surface area contributed by atoms with Gasteiger partial charge in [0.05, 0.1) is 17.2 Å². The number of ether oxygens (including phenoxy) is 3. The molecule has 1 aliphatic rings. The number of rotatable bonds is 5. The minimum Gasteiger partial charge on any atom is -0.459 e. The number of carbonyl (C=O) groups is 2. The van der Waals surface area contributed by atoms with Gasteiger partial charge in [-0.15, -0.1) is 0 Å². The summed E-state index contributed by atoms with van der Waals surface area (Å²) >= 11 is 0. The molecule has 1 heterocycles. The third-order valence-electron chi connectivity index (χ3n) is 3.79. The monoisotopic (exact) mass is 342 g/mol. The molecule has 1 aliphatic heterocycles. The van der Waals surface area contributed by atoms with Crippen molar-refractivity contribution < 1.29 is 28.9 Å². The molecule has 0 aliphatic carbocycles. The van der Waals surface area contributed by atoms with E-state index in [-0.39, 0.29) is 13.0 Å². The number of aliphatic hydroxyl groups excluding tert-OH is 1. The van der Waals surface area contributed by atoms with Crippen LogP contribution in [0.15, 0.2) is 60.7 Å². The minimum atomic E-state index is -1.08. The van der Waals surface area contributed by atoms with E-state index in [4.69, 9.17) is 14.2 Å². The number of carbonyl (C=O) groups excluding carboxylic acids is 2. The highest BCUT2D eigenvalue weighted by Gasteiger charge is 2.37. The Morgan fingerprint density at radius 3 is 2.12 bits per heavy atom. The molecule has 6 heteroatoms. The van der Waals surface area contributed by atoms with Crippen molar-refractivity contribution in [3.05, 3.63) is 71.8 Å². The van der Waals surface area contributed by atoms with E-state index in [1.807, 2.05) is 0 Å². The van der Waals surface area contributed by atoms with Gasteiger partial charge in [-0.3, -0.25) is 0 Å². The number of hydrogen-bond acceptors (Lipinski definition) is 6. The molecule has 1 fully saturated rings. The third-order valence-corrected chi connectivity index (χ3v) is 3.79. The fourth-order valence-corrected chi connectivity index (χ4v) is 2.50.